The lowest BCUT2D eigenvalue weighted by Gasteiger charge is -2.24. The van der Waals surface area contributed by atoms with Crippen molar-refractivity contribution in [1.29, 1.82) is 0 Å². The van der Waals surface area contributed by atoms with Crippen molar-refractivity contribution < 1.29 is 0 Å². The fourth-order valence-electron chi connectivity index (χ4n) is 2.57. The van der Waals surface area contributed by atoms with Crippen molar-refractivity contribution in [3.8, 4) is 0 Å². The van der Waals surface area contributed by atoms with Crippen LogP contribution in [0.15, 0.2) is 54.6 Å². The van der Waals surface area contributed by atoms with Crippen LogP contribution in [0.2, 0.25) is 0 Å². The van der Waals surface area contributed by atoms with E-state index in [2.05, 4.69) is 85.7 Å². The highest BCUT2D eigenvalue weighted by atomic mass is 15.1. The van der Waals surface area contributed by atoms with E-state index in [-0.39, 0.29) is 0 Å². The van der Waals surface area contributed by atoms with Gasteiger partial charge < -0.3 is 10.2 Å². The zero-order valence-corrected chi connectivity index (χ0v) is 13.3. The molecule has 21 heavy (non-hydrogen) atoms. The summed E-state index contributed by atoms with van der Waals surface area (Å²) in [6.07, 6.45) is 1.10. The van der Waals surface area contributed by atoms with Gasteiger partial charge in [-0.05, 0) is 37.6 Å². The van der Waals surface area contributed by atoms with Crippen molar-refractivity contribution in [3.05, 3.63) is 65.7 Å². The lowest BCUT2D eigenvalue weighted by atomic mass is 10.0. The van der Waals surface area contributed by atoms with Gasteiger partial charge in [0.1, 0.15) is 0 Å². The number of rotatable bonds is 7. The third-order valence-electron chi connectivity index (χ3n) is 3.88. The van der Waals surface area contributed by atoms with Crippen LogP contribution >= 0.6 is 0 Å². The molecule has 0 heterocycles. The molecule has 2 rings (SSSR count). The molecule has 1 unspecified atom stereocenters. The zero-order chi connectivity index (χ0) is 15.1. The van der Waals surface area contributed by atoms with Gasteiger partial charge in [-0.15, -0.1) is 0 Å². The third kappa shape index (κ3) is 4.61. The Balaban J connectivity index is 1.97. The van der Waals surface area contributed by atoms with Crippen molar-refractivity contribution in [2.75, 3.05) is 25.0 Å². The Morgan fingerprint density at radius 2 is 1.67 bits per heavy atom. The highest BCUT2D eigenvalue weighted by molar-refractivity contribution is 5.46. The van der Waals surface area contributed by atoms with Gasteiger partial charge in [0.2, 0.25) is 0 Å². The van der Waals surface area contributed by atoms with Crippen LogP contribution in [0, 0.1) is 6.92 Å². The Morgan fingerprint density at radius 3 is 2.29 bits per heavy atom. The Hall–Kier alpha value is -1.80. The van der Waals surface area contributed by atoms with Crippen LogP contribution in [0.1, 0.15) is 30.5 Å². The van der Waals surface area contributed by atoms with Crippen molar-refractivity contribution >= 4 is 5.69 Å². The third-order valence-corrected chi connectivity index (χ3v) is 3.88. The highest BCUT2D eigenvalue weighted by Crippen LogP contribution is 2.19. The van der Waals surface area contributed by atoms with E-state index in [4.69, 9.17) is 0 Å². The normalized spacial score (nSPS) is 12.1. The van der Waals surface area contributed by atoms with Crippen molar-refractivity contribution in [3.63, 3.8) is 0 Å². The van der Waals surface area contributed by atoms with Gasteiger partial charge in [-0.25, -0.2) is 0 Å². The number of hydrogen-bond acceptors (Lipinski definition) is 2. The molecule has 0 fully saturated rings. The molecule has 0 saturated heterocycles. The van der Waals surface area contributed by atoms with Crippen LogP contribution in [0.4, 0.5) is 5.69 Å². The fraction of sp³-hybridized carbons (Fsp3) is 0.368. The molecule has 2 heteroatoms. The van der Waals surface area contributed by atoms with Crippen molar-refractivity contribution in [2.45, 2.75) is 26.3 Å². The Morgan fingerprint density at radius 1 is 1.00 bits per heavy atom. The molecule has 0 aromatic heterocycles. The largest absolute Gasteiger partial charge is 0.375 e. The quantitative estimate of drug-likeness (QED) is 0.820. The minimum atomic E-state index is 0.420. The summed E-state index contributed by atoms with van der Waals surface area (Å²) in [5, 5.41) is 3.59. The fourth-order valence-corrected chi connectivity index (χ4v) is 2.57. The van der Waals surface area contributed by atoms with E-state index >= 15 is 0 Å². The average molecular weight is 282 g/mol. The van der Waals surface area contributed by atoms with Crippen LogP contribution < -0.4 is 10.2 Å². The maximum atomic E-state index is 3.59. The van der Waals surface area contributed by atoms with Gasteiger partial charge in [0.05, 0.1) is 0 Å². The molecule has 1 atom stereocenters. The van der Waals surface area contributed by atoms with Gasteiger partial charge in [0, 0.05) is 25.3 Å². The molecule has 0 spiro atoms. The van der Waals surface area contributed by atoms with E-state index < -0.39 is 0 Å². The maximum absolute atomic E-state index is 3.59. The number of benzene rings is 2. The molecule has 0 amide bonds. The monoisotopic (exact) mass is 282 g/mol. The number of nitrogens with one attached hydrogen (secondary N) is 1. The topological polar surface area (TPSA) is 15.3 Å². The predicted octanol–water partition coefficient (Wildman–Crippen LogP) is 4.17. The first-order chi connectivity index (χ1) is 10.2. The van der Waals surface area contributed by atoms with E-state index in [1.807, 2.05) is 0 Å². The second-order valence-corrected chi connectivity index (χ2v) is 5.57. The Labute approximate surface area is 128 Å². The van der Waals surface area contributed by atoms with E-state index in [9.17, 15) is 0 Å². The molecule has 112 valence electrons. The molecule has 2 nitrogen and oxygen atoms in total. The summed E-state index contributed by atoms with van der Waals surface area (Å²) in [7, 11) is 2.17. The molecular formula is C19H26N2. The van der Waals surface area contributed by atoms with E-state index in [1.165, 1.54) is 16.8 Å². The molecule has 2 aromatic carbocycles. The van der Waals surface area contributed by atoms with Crippen LogP contribution in [-0.4, -0.2) is 20.1 Å². The van der Waals surface area contributed by atoms with Gasteiger partial charge in [-0.2, -0.15) is 0 Å². The number of hydrogen-bond donors (Lipinski definition) is 1. The van der Waals surface area contributed by atoms with E-state index in [0.717, 1.165) is 19.5 Å². The van der Waals surface area contributed by atoms with Gasteiger partial charge in [0.15, 0.2) is 0 Å². The standard InChI is InChI=1S/C19H26N2/c1-4-20-19(17-8-6-5-7-9-17)14-15-21(3)18-12-10-16(2)11-13-18/h5-13,19-20H,4,14-15H2,1-3H3. The molecule has 0 aliphatic rings. The van der Waals surface area contributed by atoms with E-state index in [1.54, 1.807) is 0 Å². The molecule has 2 aromatic rings. The zero-order valence-electron chi connectivity index (χ0n) is 13.3. The molecule has 0 aliphatic heterocycles. The molecule has 0 bridgehead atoms. The Bertz CT molecular complexity index is 519. The molecule has 1 N–H and O–H groups in total. The molecule has 0 saturated carbocycles. The van der Waals surface area contributed by atoms with Gasteiger partial charge >= 0.3 is 0 Å². The van der Waals surface area contributed by atoms with Crippen LogP contribution in [-0.2, 0) is 0 Å². The Kier molecular flexibility index (Phi) is 5.82. The molecular weight excluding hydrogens is 256 g/mol. The lowest BCUT2D eigenvalue weighted by Crippen LogP contribution is -2.27. The second kappa shape index (κ2) is 7.84. The van der Waals surface area contributed by atoms with E-state index in [0.29, 0.717) is 6.04 Å². The SMILES string of the molecule is CCNC(CCN(C)c1ccc(C)cc1)c1ccccc1. The number of nitrogens with zero attached hydrogens (tertiary/aromatic N) is 1. The highest BCUT2D eigenvalue weighted by Gasteiger charge is 2.11. The summed E-state index contributed by atoms with van der Waals surface area (Å²) < 4.78 is 0. The minimum Gasteiger partial charge on any atom is -0.375 e. The molecule has 0 aliphatic carbocycles. The lowest BCUT2D eigenvalue weighted by molar-refractivity contribution is 0.516. The predicted molar refractivity (Wildman–Crippen MR) is 91.9 cm³/mol. The minimum absolute atomic E-state index is 0.420. The van der Waals surface area contributed by atoms with Gasteiger partial charge in [0.25, 0.3) is 0 Å². The number of aryl methyl sites for hydroxylation is 1. The average Bonchev–Trinajstić information content (AvgIpc) is 2.52. The number of anilines is 1. The first-order valence-corrected chi connectivity index (χ1v) is 7.77. The summed E-state index contributed by atoms with van der Waals surface area (Å²) in [6, 6.07) is 19.9. The maximum Gasteiger partial charge on any atom is 0.0363 e. The van der Waals surface area contributed by atoms with Gasteiger partial charge in [-0.1, -0.05) is 55.0 Å². The summed E-state index contributed by atoms with van der Waals surface area (Å²) in [5.74, 6) is 0. The second-order valence-electron chi connectivity index (χ2n) is 5.57. The van der Waals surface area contributed by atoms with Crippen molar-refractivity contribution in [1.82, 2.24) is 5.32 Å². The summed E-state index contributed by atoms with van der Waals surface area (Å²) in [4.78, 5) is 2.33. The van der Waals surface area contributed by atoms with Crippen molar-refractivity contribution in [2.24, 2.45) is 0 Å². The molecule has 0 radical (unpaired) electrons. The summed E-state index contributed by atoms with van der Waals surface area (Å²) in [5.41, 5.74) is 3.96. The van der Waals surface area contributed by atoms with Crippen LogP contribution in [0.3, 0.4) is 0 Å². The smallest absolute Gasteiger partial charge is 0.0363 e. The first-order valence-electron chi connectivity index (χ1n) is 7.77. The summed E-state index contributed by atoms with van der Waals surface area (Å²) >= 11 is 0. The van der Waals surface area contributed by atoms with Gasteiger partial charge in [-0.3, -0.25) is 0 Å². The first kappa shape index (κ1) is 15.6. The van der Waals surface area contributed by atoms with Crippen LogP contribution in [0.5, 0.6) is 0 Å². The van der Waals surface area contributed by atoms with Crippen LogP contribution in [0.25, 0.3) is 0 Å². The summed E-state index contributed by atoms with van der Waals surface area (Å²) in [6.45, 7) is 6.32.